The summed E-state index contributed by atoms with van der Waals surface area (Å²) in [6, 6.07) is 0. The second-order valence-corrected chi connectivity index (χ2v) is 5.00. The van der Waals surface area contributed by atoms with E-state index >= 15 is 0 Å². The molecule has 0 aromatic heterocycles. The van der Waals surface area contributed by atoms with Crippen LogP contribution in [0.5, 0.6) is 0 Å². The Balaban J connectivity index is 2.22. The van der Waals surface area contributed by atoms with Gasteiger partial charge in [0.05, 0.1) is 0 Å². The molecule has 1 fully saturated rings. The van der Waals surface area contributed by atoms with Gasteiger partial charge in [0.25, 0.3) is 0 Å². The minimum absolute atomic E-state index is 0.631. The van der Waals surface area contributed by atoms with Crippen molar-refractivity contribution < 1.29 is 0 Å². The van der Waals surface area contributed by atoms with E-state index in [-0.39, 0.29) is 0 Å². The fraction of sp³-hybridized carbons (Fsp3) is 0.818. The maximum absolute atomic E-state index is 2.51. The van der Waals surface area contributed by atoms with Crippen LogP contribution in [0.15, 0.2) is 11.6 Å². The van der Waals surface area contributed by atoms with E-state index in [9.17, 15) is 0 Å². The fourth-order valence-electron chi connectivity index (χ4n) is 2.58. The third-order valence-electron chi connectivity index (χ3n) is 3.97. The van der Waals surface area contributed by atoms with Gasteiger partial charge in [0.2, 0.25) is 0 Å². The lowest BCUT2D eigenvalue weighted by molar-refractivity contribution is 0.474. The Kier molecular flexibility index (Phi) is 1.28. The molecular formula is C11H18. The number of fused-ring (bicyclic) bond motifs is 1. The molecule has 0 unspecified atom stereocenters. The van der Waals surface area contributed by atoms with E-state index in [1.807, 2.05) is 0 Å². The molecule has 0 spiro atoms. The van der Waals surface area contributed by atoms with E-state index < -0.39 is 0 Å². The molecule has 2 rings (SSSR count). The van der Waals surface area contributed by atoms with Gasteiger partial charge in [0.1, 0.15) is 0 Å². The zero-order valence-corrected chi connectivity index (χ0v) is 8.02. The molecule has 11 heavy (non-hydrogen) atoms. The highest BCUT2D eigenvalue weighted by atomic mass is 14.6. The number of hydrogen-bond donors (Lipinski definition) is 0. The maximum Gasteiger partial charge on any atom is -0.0143 e. The summed E-state index contributed by atoms with van der Waals surface area (Å²) in [4.78, 5) is 0. The molecule has 1 saturated carbocycles. The van der Waals surface area contributed by atoms with Crippen LogP contribution >= 0.6 is 0 Å². The average molecular weight is 150 g/mol. The monoisotopic (exact) mass is 150 g/mol. The SMILES string of the molecule is CC1=C[C@@H]2[C@H](C[C@H]1C)C2(C)C. The lowest BCUT2D eigenvalue weighted by atomic mass is 9.90. The largest absolute Gasteiger partial charge is 0.0814 e. The quantitative estimate of drug-likeness (QED) is 0.465. The summed E-state index contributed by atoms with van der Waals surface area (Å²) in [6.45, 7) is 9.46. The van der Waals surface area contributed by atoms with Crippen LogP contribution in [0.3, 0.4) is 0 Å². The first-order valence-electron chi connectivity index (χ1n) is 4.72. The van der Waals surface area contributed by atoms with Crippen LogP contribution in [0.1, 0.15) is 34.1 Å². The van der Waals surface area contributed by atoms with Crippen molar-refractivity contribution >= 4 is 0 Å². The predicted molar refractivity (Wildman–Crippen MR) is 48.3 cm³/mol. The van der Waals surface area contributed by atoms with Gasteiger partial charge in [-0.15, -0.1) is 0 Å². The lowest BCUT2D eigenvalue weighted by Crippen LogP contribution is -2.03. The minimum Gasteiger partial charge on any atom is -0.0814 e. The first-order chi connectivity index (χ1) is 5.03. The highest BCUT2D eigenvalue weighted by Gasteiger charge is 2.57. The summed E-state index contributed by atoms with van der Waals surface area (Å²) in [5, 5.41) is 0. The van der Waals surface area contributed by atoms with Gasteiger partial charge >= 0.3 is 0 Å². The van der Waals surface area contributed by atoms with E-state index in [1.54, 1.807) is 5.57 Å². The van der Waals surface area contributed by atoms with E-state index in [1.165, 1.54) is 6.42 Å². The van der Waals surface area contributed by atoms with E-state index in [2.05, 4.69) is 33.8 Å². The summed E-state index contributed by atoms with van der Waals surface area (Å²) in [7, 11) is 0. The highest BCUT2D eigenvalue weighted by Crippen LogP contribution is 2.64. The Hall–Kier alpha value is -0.260. The molecule has 0 aromatic carbocycles. The Labute approximate surface area is 69.7 Å². The molecule has 2 aliphatic carbocycles. The minimum atomic E-state index is 0.631. The molecule has 0 amide bonds. The van der Waals surface area contributed by atoms with Crippen LogP contribution in [0.4, 0.5) is 0 Å². The number of allylic oxidation sites excluding steroid dienone is 2. The summed E-state index contributed by atoms with van der Waals surface area (Å²) in [5.41, 5.74) is 2.25. The van der Waals surface area contributed by atoms with Gasteiger partial charge in [-0.25, -0.2) is 0 Å². The van der Waals surface area contributed by atoms with Crippen molar-refractivity contribution in [1.29, 1.82) is 0 Å². The van der Waals surface area contributed by atoms with Gasteiger partial charge in [-0.3, -0.25) is 0 Å². The van der Waals surface area contributed by atoms with E-state index in [4.69, 9.17) is 0 Å². The Bertz CT molecular complexity index is 210. The molecule has 0 radical (unpaired) electrons. The van der Waals surface area contributed by atoms with Crippen molar-refractivity contribution in [2.24, 2.45) is 23.2 Å². The van der Waals surface area contributed by atoms with Gasteiger partial charge in [-0.05, 0) is 36.5 Å². The first-order valence-corrected chi connectivity index (χ1v) is 4.72. The van der Waals surface area contributed by atoms with E-state index in [0.717, 1.165) is 17.8 Å². The van der Waals surface area contributed by atoms with Crippen molar-refractivity contribution in [3.05, 3.63) is 11.6 Å². The van der Waals surface area contributed by atoms with Crippen LogP contribution in [0.25, 0.3) is 0 Å². The van der Waals surface area contributed by atoms with Crippen molar-refractivity contribution in [2.45, 2.75) is 34.1 Å². The van der Waals surface area contributed by atoms with Crippen LogP contribution < -0.4 is 0 Å². The molecule has 0 heterocycles. The second-order valence-electron chi connectivity index (χ2n) is 5.00. The van der Waals surface area contributed by atoms with E-state index in [0.29, 0.717) is 5.41 Å². The smallest absolute Gasteiger partial charge is 0.0143 e. The van der Waals surface area contributed by atoms with Crippen LogP contribution in [0, 0.1) is 23.2 Å². The van der Waals surface area contributed by atoms with Gasteiger partial charge in [0, 0.05) is 0 Å². The van der Waals surface area contributed by atoms with Crippen molar-refractivity contribution in [2.75, 3.05) is 0 Å². The van der Waals surface area contributed by atoms with Gasteiger partial charge in [-0.1, -0.05) is 32.4 Å². The topological polar surface area (TPSA) is 0 Å². The zero-order valence-electron chi connectivity index (χ0n) is 8.02. The predicted octanol–water partition coefficient (Wildman–Crippen LogP) is 3.24. The fourth-order valence-corrected chi connectivity index (χ4v) is 2.58. The Morgan fingerprint density at radius 3 is 2.64 bits per heavy atom. The zero-order chi connectivity index (χ0) is 8.22. The molecule has 0 N–H and O–H groups in total. The van der Waals surface area contributed by atoms with Crippen LogP contribution in [0.2, 0.25) is 0 Å². The highest BCUT2D eigenvalue weighted by molar-refractivity contribution is 5.23. The average Bonchev–Trinajstić information content (AvgIpc) is 2.39. The second kappa shape index (κ2) is 1.91. The van der Waals surface area contributed by atoms with Crippen LogP contribution in [-0.2, 0) is 0 Å². The number of hydrogen-bond acceptors (Lipinski definition) is 0. The third-order valence-corrected chi connectivity index (χ3v) is 3.97. The van der Waals surface area contributed by atoms with Crippen molar-refractivity contribution in [1.82, 2.24) is 0 Å². The lowest BCUT2D eigenvalue weighted by Gasteiger charge is -2.15. The molecule has 62 valence electrons. The molecule has 0 aliphatic heterocycles. The first kappa shape index (κ1) is 7.39. The Morgan fingerprint density at radius 2 is 2.09 bits per heavy atom. The molecule has 0 saturated heterocycles. The third kappa shape index (κ3) is 0.881. The molecular weight excluding hydrogens is 132 g/mol. The van der Waals surface area contributed by atoms with Crippen LogP contribution in [-0.4, -0.2) is 0 Å². The molecule has 0 bridgehead atoms. The molecule has 0 aromatic rings. The molecule has 0 heteroatoms. The summed E-state index contributed by atoms with van der Waals surface area (Å²) >= 11 is 0. The molecule has 0 nitrogen and oxygen atoms in total. The summed E-state index contributed by atoms with van der Waals surface area (Å²) < 4.78 is 0. The Morgan fingerprint density at radius 1 is 1.45 bits per heavy atom. The van der Waals surface area contributed by atoms with Crippen molar-refractivity contribution in [3.63, 3.8) is 0 Å². The standard InChI is InChI=1S/C11H18/c1-7-5-9-10(6-8(7)2)11(9,3)4/h5,8-10H,6H2,1-4H3/t8-,9-,10+/m1/s1. The summed E-state index contributed by atoms with van der Waals surface area (Å²) in [6.07, 6.45) is 3.94. The maximum atomic E-state index is 2.51. The normalized spacial score (nSPS) is 46.2. The van der Waals surface area contributed by atoms with Gasteiger partial charge in [0.15, 0.2) is 0 Å². The number of rotatable bonds is 0. The molecule has 2 aliphatic rings. The van der Waals surface area contributed by atoms with Gasteiger partial charge in [-0.2, -0.15) is 0 Å². The summed E-state index contributed by atoms with van der Waals surface area (Å²) in [5.74, 6) is 2.76. The van der Waals surface area contributed by atoms with Crippen molar-refractivity contribution in [3.8, 4) is 0 Å². The van der Waals surface area contributed by atoms with Gasteiger partial charge < -0.3 is 0 Å². The molecule has 3 atom stereocenters.